The normalized spacial score (nSPS) is 12.3. The maximum Gasteiger partial charge on any atom is 0.323 e. The summed E-state index contributed by atoms with van der Waals surface area (Å²) in [6.45, 7) is 5.75. The Bertz CT molecular complexity index is 1520. The van der Waals surface area contributed by atoms with Crippen molar-refractivity contribution in [2.75, 3.05) is 10.6 Å². The molecule has 36 heavy (non-hydrogen) atoms. The number of nitrogens with zero attached hydrogens (tertiary/aromatic N) is 1. The lowest BCUT2D eigenvalue weighted by Gasteiger charge is -2.15. The number of halogens is 2. The molecule has 5 rings (SSSR count). The molecule has 0 unspecified atom stereocenters. The molecule has 2 heterocycles. The number of nitrogens with one attached hydrogen (secondary N) is 4. The zero-order valence-electron chi connectivity index (χ0n) is 19.8. The third kappa shape index (κ3) is 4.19. The molecule has 4 N–H and O–H groups in total. The molecule has 0 fully saturated rings. The van der Waals surface area contributed by atoms with E-state index >= 15 is 0 Å². The third-order valence-electron chi connectivity index (χ3n) is 6.12. The number of aryl methyl sites for hydroxylation is 3. The van der Waals surface area contributed by atoms with Crippen LogP contribution < -0.4 is 16.0 Å². The summed E-state index contributed by atoms with van der Waals surface area (Å²) in [5, 5.41) is 7.73. The van der Waals surface area contributed by atoms with Crippen LogP contribution in [0.25, 0.3) is 22.5 Å². The van der Waals surface area contributed by atoms with E-state index in [1.807, 2.05) is 32.0 Å². The van der Waals surface area contributed by atoms with Crippen molar-refractivity contribution in [1.29, 1.82) is 0 Å². The fourth-order valence-electron chi connectivity index (χ4n) is 4.49. The number of benzene rings is 3. The van der Waals surface area contributed by atoms with Gasteiger partial charge in [0.15, 0.2) is 0 Å². The molecule has 3 aromatic carbocycles. The fourth-order valence-corrected chi connectivity index (χ4v) is 4.49. The number of carbonyl (C=O) groups excluding carboxylic acids is 2. The van der Waals surface area contributed by atoms with Crippen molar-refractivity contribution in [3.05, 3.63) is 88.2 Å². The first-order valence-electron chi connectivity index (χ1n) is 11.3. The first kappa shape index (κ1) is 23.2. The Morgan fingerprint density at radius 2 is 1.64 bits per heavy atom. The van der Waals surface area contributed by atoms with Crippen LogP contribution in [0.5, 0.6) is 0 Å². The summed E-state index contributed by atoms with van der Waals surface area (Å²) in [6, 6.07) is 10.7. The predicted octanol–water partition coefficient (Wildman–Crippen LogP) is 5.83. The minimum atomic E-state index is -0.848. The monoisotopic (exact) mass is 487 g/mol. The Labute approximate surface area is 206 Å². The van der Waals surface area contributed by atoms with Crippen molar-refractivity contribution in [3.63, 3.8) is 0 Å². The van der Waals surface area contributed by atoms with Crippen molar-refractivity contribution >= 4 is 23.3 Å². The van der Waals surface area contributed by atoms with E-state index in [4.69, 9.17) is 0 Å². The van der Waals surface area contributed by atoms with Crippen LogP contribution in [0.1, 0.15) is 32.7 Å². The molecule has 0 spiro atoms. The molecule has 7 nitrogen and oxygen atoms in total. The summed E-state index contributed by atoms with van der Waals surface area (Å²) in [6.07, 6.45) is 1.72. The molecule has 1 aliphatic rings. The molecule has 0 bridgehead atoms. The van der Waals surface area contributed by atoms with Crippen LogP contribution in [0.3, 0.4) is 0 Å². The molecule has 0 aliphatic carbocycles. The second-order valence-corrected chi connectivity index (χ2v) is 8.82. The van der Waals surface area contributed by atoms with E-state index < -0.39 is 23.4 Å². The molecule has 0 saturated carbocycles. The summed E-state index contributed by atoms with van der Waals surface area (Å²) >= 11 is 0. The number of aromatic nitrogens is 2. The maximum absolute atomic E-state index is 14.1. The Morgan fingerprint density at radius 1 is 0.944 bits per heavy atom. The molecule has 9 heteroatoms. The summed E-state index contributed by atoms with van der Waals surface area (Å²) in [7, 11) is 0. The topological polar surface area (TPSA) is 98.9 Å². The van der Waals surface area contributed by atoms with Gasteiger partial charge >= 0.3 is 6.03 Å². The minimum Gasteiger partial charge on any atom is -0.348 e. The van der Waals surface area contributed by atoms with Crippen LogP contribution in [0, 0.1) is 32.4 Å². The zero-order chi connectivity index (χ0) is 25.6. The number of urea groups is 1. The van der Waals surface area contributed by atoms with E-state index in [0.29, 0.717) is 29.2 Å². The Hall–Kier alpha value is -4.53. The van der Waals surface area contributed by atoms with Gasteiger partial charge in [-0.1, -0.05) is 12.1 Å². The standard InChI is InChI=1S/C27H23F2N5O2/c1-13-8-21(28)24(22(29)9-13)34-27(36)33-16-4-5-17(14(2)10-16)18-6-7-19(25-30-11-15(3)32-25)23-20(18)12-31-26(23)35/h4-11H,12H2,1-3H3,(H,30,32)(H,31,35)(H2,33,34,36). The van der Waals surface area contributed by atoms with E-state index in [0.717, 1.165) is 45.6 Å². The maximum atomic E-state index is 14.1. The second kappa shape index (κ2) is 8.92. The highest BCUT2D eigenvalue weighted by atomic mass is 19.1. The molecule has 0 radical (unpaired) electrons. The highest BCUT2D eigenvalue weighted by Crippen LogP contribution is 2.37. The fraction of sp³-hybridized carbons (Fsp3) is 0.148. The summed E-state index contributed by atoms with van der Waals surface area (Å²) in [5.74, 6) is -1.21. The number of fused-ring (bicyclic) bond motifs is 1. The van der Waals surface area contributed by atoms with Crippen molar-refractivity contribution in [2.45, 2.75) is 27.3 Å². The van der Waals surface area contributed by atoms with Crippen LogP contribution in [-0.2, 0) is 6.54 Å². The molecule has 1 aliphatic heterocycles. The van der Waals surface area contributed by atoms with Crippen molar-refractivity contribution < 1.29 is 18.4 Å². The first-order chi connectivity index (χ1) is 17.2. The van der Waals surface area contributed by atoms with Crippen LogP contribution in [0.4, 0.5) is 25.0 Å². The highest BCUT2D eigenvalue weighted by Gasteiger charge is 2.28. The van der Waals surface area contributed by atoms with Crippen molar-refractivity contribution in [2.24, 2.45) is 0 Å². The van der Waals surface area contributed by atoms with E-state index in [-0.39, 0.29) is 5.91 Å². The number of hydrogen-bond donors (Lipinski definition) is 4. The molecule has 0 saturated heterocycles. The summed E-state index contributed by atoms with van der Waals surface area (Å²) < 4.78 is 28.1. The minimum absolute atomic E-state index is 0.154. The third-order valence-corrected chi connectivity index (χ3v) is 6.12. The predicted molar refractivity (Wildman–Crippen MR) is 134 cm³/mol. The van der Waals surface area contributed by atoms with E-state index in [1.54, 1.807) is 25.3 Å². The molecular formula is C27H23F2N5O2. The van der Waals surface area contributed by atoms with Crippen LogP contribution in [0.2, 0.25) is 0 Å². The number of hydrogen-bond acceptors (Lipinski definition) is 3. The molecular weight excluding hydrogens is 464 g/mol. The first-order valence-corrected chi connectivity index (χ1v) is 11.3. The van der Waals surface area contributed by atoms with Gasteiger partial charge in [0.1, 0.15) is 23.1 Å². The Kier molecular flexibility index (Phi) is 5.75. The van der Waals surface area contributed by atoms with Gasteiger partial charge in [0.2, 0.25) is 0 Å². The van der Waals surface area contributed by atoms with Gasteiger partial charge in [-0.15, -0.1) is 0 Å². The zero-order valence-corrected chi connectivity index (χ0v) is 19.8. The number of amides is 3. The van der Waals surface area contributed by atoms with Crippen LogP contribution in [-0.4, -0.2) is 21.9 Å². The van der Waals surface area contributed by atoms with E-state index in [1.165, 1.54) is 0 Å². The number of anilines is 2. The highest BCUT2D eigenvalue weighted by molar-refractivity contribution is 6.06. The number of rotatable bonds is 4. The lowest BCUT2D eigenvalue weighted by molar-refractivity contribution is 0.0966. The van der Waals surface area contributed by atoms with Gasteiger partial charge in [0.25, 0.3) is 5.91 Å². The lowest BCUT2D eigenvalue weighted by atomic mass is 9.91. The van der Waals surface area contributed by atoms with Crippen molar-refractivity contribution in [1.82, 2.24) is 15.3 Å². The second-order valence-electron chi connectivity index (χ2n) is 8.82. The molecule has 1 aromatic heterocycles. The molecule has 0 atom stereocenters. The van der Waals surface area contributed by atoms with Crippen LogP contribution >= 0.6 is 0 Å². The smallest absolute Gasteiger partial charge is 0.323 e. The number of aromatic amines is 1. The number of carbonyl (C=O) groups is 2. The average molecular weight is 488 g/mol. The molecule has 3 amide bonds. The van der Waals surface area contributed by atoms with E-state index in [9.17, 15) is 18.4 Å². The SMILES string of the molecule is Cc1cc(F)c(NC(=O)Nc2ccc(-c3ccc(-c4ncc(C)[nH]4)c4c3CNC4=O)c(C)c2)c(F)c1. The summed E-state index contributed by atoms with van der Waals surface area (Å²) in [4.78, 5) is 32.6. The van der Waals surface area contributed by atoms with Gasteiger partial charge in [-0.2, -0.15) is 0 Å². The van der Waals surface area contributed by atoms with Gasteiger partial charge in [0, 0.05) is 29.7 Å². The quantitative estimate of drug-likeness (QED) is 0.291. The lowest BCUT2D eigenvalue weighted by Crippen LogP contribution is -2.21. The Morgan fingerprint density at radius 3 is 2.31 bits per heavy atom. The van der Waals surface area contributed by atoms with Gasteiger partial charge in [-0.05, 0) is 78.9 Å². The number of imidazole rings is 1. The summed E-state index contributed by atoms with van der Waals surface area (Å²) in [5.41, 5.74) is 6.10. The Balaban J connectivity index is 1.42. The molecule has 182 valence electrons. The van der Waals surface area contributed by atoms with Crippen molar-refractivity contribution in [3.8, 4) is 22.5 Å². The van der Waals surface area contributed by atoms with E-state index in [2.05, 4.69) is 25.9 Å². The van der Waals surface area contributed by atoms with Gasteiger partial charge < -0.3 is 20.9 Å². The van der Waals surface area contributed by atoms with Crippen LogP contribution in [0.15, 0.2) is 48.7 Å². The van der Waals surface area contributed by atoms with Gasteiger partial charge in [-0.3, -0.25) is 4.79 Å². The largest absolute Gasteiger partial charge is 0.348 e. The average Bonchev–Trinajstić information content (AvgIpc) is 3.42. The van der Waals surface area contributed by atoms with Gasteiger partial charge in [0.05, 0.1) is 5.56 Å². The molecule has 4 aromatic rings. The van der Waals surface area contributed by atoms with Gasteiger partial charge in [-0.25, -0.2) is 18.6 Å². The number of H-pyrrole nitrogens is 1.